The Balaban J connectivity index is 1.55. The van der Waals surface area contributed by atoms with Crippen molar-refractivity contribution < 1.29 is 14.4 Å². The average Bonchev–Trinajstić information content (AvgIpc) is 2.73. The monoisotopic (exact) mass is 387 g/mol. The number of hydrogen-bond donors (Lipinski definition) is 3. The quantitative estimate of drug-likeness (QED) is 0.598. The van der Waals surface area contributed by atoms with E-state index in [-0.39, 0.29) is 5.91 Å². The molecule has 3 aromatic rings. The van der Waals surface area contributed by atoms with E-state index in [1.807, 2.05) is 38.1 Å². The summed E-state index contributed by atoms with van der Waals surface area (Å²) in [7, 11) is 0. The lowest BCUT2D eigenvalue weighted by atomic mass is 10.1. The SMILES string of the molecule is Cc1ccc(C(=O)NNC(=O)c2ccc(NC(=O)c3ccc(C)cc3)cc2)cc1. The molecule has 3 aromatic carbocycles. The minimum Gasteiger partial charge on any atom is -0.322 e. The first-order valence-corrected chi connectivity index (χ1v) is 9.08. The van der Waals surface area contributed by atoms with Crippen molar-refractivity contribution in [1.82, 2.24) is 10.9 Å². The smallest absolute Gasteiger partial charge is 0.269 e. The van der Waals surface area contributed by atoms with Gasteiger partial charge in [0.2, 0.25) is 0 Å². The third-order valence-electron chi connectivity index (χ3n) is 4.32. The molecule has 0 spiro atoms. The molecule has 0 aromatic heterocycles. The van der Waals surface area contributed by atoms with Crippen LogP contribution in [0.2, 0.25) is 0 Å². The van der Waals surface area contributed by atoms with Crippen LogP contribution in [0.15, 0.2) is 72.8 Å². The van der Waals surface area contributed by atoms with Gasteiger partial charge in [-0.3, -0.25) is 25.2 Å². The molecule has 3 rings (SSSR count). The number of benzene rings is 3. The van der Waals surface area contributed by atoms with Crippen LogP contribution in [0.5, 0.6) is 0 Å². The number of carbonyl (C=O) groups excluding carboxylic acids is 3. The topological polar surface area (TPSA) is 87.3 Å². The van der Waals surface area contributed by atoms with Crippen LogP contribution in [-0.4, -0.2) is 17.7 Å². The first-order chi connectivity index (χ1) is 13.9. The Hall–Kier alpha value is -3.93. The lowest BCUT2D eigenvalue weighted by Gasteiger charge is -2.09. The van der Waals surface area contributed by atoms with E-state index in [1.165, 1.54) is 0 Å². The molecule has 0 unspecified atom stereocenters. The largest absolute Gasteiger partial charge is 0.322 e. The molecule has 0 saturated heterocycles. The molecule has 0 aliphatic heterocycles. The lowest BCUT2D eigenvalue weighted by Crippen LogP contribution is -2.41. The predicted molar refractivity (Wildman–Crippen MR) is 112 cm³/mol. The Labute approximate surface area is 168 Å². The Morgan fingerprint density at radius 2 is 0.862 bits per heavy atom. The molecular formula is C23H21N3O3. The Morgan fingerprint density at radius 3 is 1.28 bits per heavy atom. The maximum Gasteiger partial charge on any atom is 0.269 e. The molecule has 0 heterocycles. The van der Waals surface area contributed by atoms with Gasteiger partial charge in [-0.15, -0.1) is 0 Å². The first kappa shape index (κ1) is 19.8. The molecule has 0 aliphatic rings. The van der Waals surface area contributed by atoms with E-state index in [0.717, 1.165) is 11.1 Å². The average molecular weight is 387 g/mol. The number of nitrogens with one attached hydrogen (secondary N) is 3. The van der Waals surface area contributed by atoms with Gasteiger partial charge >= 0.3 is 0 Å². The van der Waals surface area contributed by atoms with Crippen LogP contribution in [0.3, 0.4) is 0 Å². The van der Waals surface area contributed by atoms with Crippen LogP contribution >= 0.6 is 0 Å². The molecule has 6 heteroatoms. The third-order valence-corrected chi connectivity index (χ3v) is 4.32. The summed E-state index contributed by atoms with van der Waals surface area (Å²) in [6.45, 7) is 3.88. The summed E-state index contributed by atoms with van der Waals surface area (Å²) in [5.74, 6) is -1.09. The molecule has 0 aliphatic carbocycles. The molecule has 6 nitrogen and oxygen atoms in total. The van der Waals surface area contributed by atoms with E-state index < -0.39 is 11.8 Å². The molecule has 0 bridgehead atoms. The fourth-order valence-corrected chi connectivity index (χ4v) is 2.58. The van der Waals surface area contributed by atoms with E-state index >= 15 is 0 Å². The van der Waals surface area contributed by atoms with Crippen LogP contribution in [0.1, 0.15) is 42.2 Å². The lowest BCUT2D eigenvalue weighted by molar-refractivity contribution is 0.0846. The summed E-state index contributed by atoms with van der Waals surface area (Å²) in [6, 6.07) is 20.6. The van der Waals surface area contributed by atoms with Gasteiger partial charge in [-0.05, 0) is 62.4 Å². The van der Waals surface area contributed by atoms with Gasteiger partial charge in [-0.2, -0.15) is 0 Å². The summed E-state index contributed by atoms with van der Waals surface area (Å²) < 4.78 is 0. The van der Waals surface area contributed by atoms with Gasteiger partial charge in [0.05, 0.1) is 0 Å². The van der Waals surface area contributed by atoms with Crippen molar-refractivity contribution in [1.29, 1.82) is 0 Å². The summed E-state index contributed by atoms with van der Waals surface area (Å²) in [5, 5.41) is 2.78. The second-order valence-electron chi connectivity index (χ2n) is 6.67. The molecule has 0 atom stereocenters. The molecule has 146 valence electrons. The highest BCUT2D eigenvalue weighted by atomic mass is 16.2. The van der Waals surface area contributed by atoms with Gasteiger partial charge in [-0.25, -0.2) is 0 Å². The zero-order valence-corrected chi connectivity index (χ0v) is 16.2. The molecular weight excluding hydrogens is 366 g/mol. The third kappa shape index (κ3) is 5.29. The number of anilines is 1. The fraction of sp³-hybridized carbons (Fsp3) is 0.0870. The highest BCUT2D eigenvalue weighted by Crippen LogP contribution is 2.12. The van der Waals surface area contributed by atoms with Gasteiger partial charge in [0, 0.05) is 22.4 Å². The second-order valence-corrected chi connectivity index (χ2v) is 6.67. The van der Waals surface area contributed by atoms with Crippen molar-refractivity contribution in [2.75, 3.05) is 5.32 Å². The standard InChI is InChI=1S/C23H21N3O3/c1-15-3-7-17(8-4-15)21(27)24-20-13-11-19(12-14-20)23(29)26-25-22(28)18-9-5-16(2)6-10-18/h3-14H,1-2H3,(H,24,27)(H,25,28)(H,26,29). The summed E-state index contributed by atoms with van der Waals surface area (Å²) in [4.78, 5) is 36.5. The van der Waals surface area contributed by atoms with Crippen LogP contribution in [0.25, 0.3) is 0 Å². The fourth-order valence-electron chi connectivity index (χ4n) is 2.58. The highest BCUT2D eigenvalue weighted by molar-refractivity contribution is 6.04. The number of rotatable bonds is 4. The number of carbonyl (C=O) groups is 3. The molecule has 0 saturated carbocycles. The van der Waals surface area contributed by atoms with Crippen LogP contribution in [0.4, 0.5) is 5.69 Å². The number of hydrazine groups is 1. The highest BCUT2D eigenvalue weighted by Gasteiger charge is 2.10. The van der Waals surface area contributed by atoms with E-state index in [0.29, 0.717) is 22.4 Å². The van der Waals surface area contributed by atoms with E-state index in [9.17, 15) is 14.4 Å². The number of aryl methyl sites for hydroxylation is 2. The predicted octanol–water partition coefficient (Wildman–Crippen LogP) is 3.63. The van der Waals surface area contributed by atoms with Gasteiger partial charge in [0.25, 0.3) is 17.7 Å². The minimum atomic E-state index is -0.457. The Kier molecular flexibility index (Phi) is 6.04. The van der Waals surface area contributed by atoms with Crippen LogP contribution in [-0.2, 0) is 0 Å². The zero-order chi connectivity index (χ0) is 20.8. The van der Waals surface area contributed by atoms with Gasteiger partial charge in [-0.1, -0.05) is 35.4 Å². The van der Waals surface area contributed by atoms with E-state index in [4.69, 9.17) is 0 Å². The van der Waals surface area contributed by atoms with E-state index in [1.54, 1.807) is 48.5 Å². The Bertz CT molecular complexity index is 1020. The van der Waals surface area contributed by atoms with Gasteiger partial charge < -0.3 is 5.32 Å². The van der Waals surface area contributed by atoms with Gasteiger partial charge in [0.1, 0.15) is 0 Å². The van der Waals surface area contributed by atoms with Crippen molar-refractivity contribution >= 4 is 23.4 Å². The zero-order valence-electron chi connectivity index (χ0n) is 16.2. The van der Waals surface area contributed by atoms with Crippen LogP contribution < -0.4 is 16.2 Å². The van der Waals surface area contributed by atoms with Crippen molar-refractivity contribution in [3.63, 3.8) is 0 Å². The first-order valence-electron chi connectivity index (χ1n) is 9.08. The molecule has 29 heavy (non-hydrogen) atoms. The van der Waals surface area contributed by atoms with Crippen molar-refractivity contribution in [2.24, 2.45) is 0 Å². The molecule has 3 N–H and O–H groups in total. The molecule has 0 radical (unpaired) electrons. The second kappa shape index (κ2) is 8.84. The van der Waals surface area contributed by atoms with Crippen molar-refractivity contribution in [3.8, 4) is 0 Å². The van der Waals surface area contributed by atoms with E-state index in [2.05, 4.69) is 16.2 Å². The van der Waals surface area contributed by atoms with Crippen LogP contribution in [0, 0.1) is 13.8 Å². The normalized spacial score (nSPS) is 10.1. The number of amides is 3. The summed E-state index contributed by atoms with van der Waals surface area (Å²) >= 11 is 0. The molecule has 3 amide bonds. The summed E-state index contributed by atoms with van der Waals surface area (Å²) in [5.41, 5.74) is 8.79. The maximum atomic E-state index is 12.2. The maximum absolute atomic E-state index is 12.2. The van der Waals surface area contributed by atoms with Gasteiger partial charge in [0.15, 0.2) is 0 Å². The number of hydrogen-bond acceptors (Lipinski definition) is 3. The van der Waals surface area contributed by atoms with Crippen molar-refractivity contribution in [2.45, 2.75) is 13.8 Å². The Morgan fingerprint density at radius 1 is 0.517 bits per heavy atom. The van der Waals surface area contributed by atoms with Crippen molar-refractivity contribution in [3.05, 3.63) is 101 Å². The molecule has 0 fully saturated rings. The minimum absolute atomic E-state index is 0.229. The summed E-state index contributed by atoms with van der Waals surface area (Å²) in [6.07, 6.45) is 0.